The van der Waals surface area contributed by atoms with E-state index in [0.29, 0.717) is 31.0 Å². The van der Waals surface area contributed by atoms with Gasteiger partial charge in [0.1, 0.15) is 18.6 Å². The highest BCUT2D eigenvalue weighted by Crippen LogP contribution is 2.35. The molecule has 2 heterocycles. The van der Waals surface area contributed by atoms with E-state index in [1.165, 1.54) is 0 Å². The van der Waals surface area contributed by atoms with Gasteiger partial charge in [-0.2, -0.15) is 0 Å². The molecule has 5 N–H and O–H groups in total. The maximum absolute atomic E-state index is 12.5. The Hall–Kier alpha value is -4.25. The Balaban J connectivity index is 1.09. The summed E-state index contributed by atoms with van der Waals surface area (Å²) in [5.41, 5.74) is 3.99. The fourth-order valence-corrected chi connectivity index (χ4v) is 5.07. The number of amides is 4. The van der Waals surface area contributed by atoms with E-state index in [9.17, 15) is 24.6 Å². The quantitative estimate of drug-likeness (QED) is 0.267. The van der Waals surface area contributed by atoms with E-state index in [0.717, 1.165) is 27.8 Å². The van der Waals surface area contributed by atoms with Crippen LogP contribution < -0.4 is 20.7 Å². The lowest BCUT2D eigenvalue weighted by Crippen LogP contribution is -2.51. The summed E-state index contributed by atoms with van der Waals surface area (Å²) in [6.07, 6.45) is -0.310. The van der Waals surface area contributed by atoms with Crippen molar-refractivity contribution in [3.63, 3.8) is 0 Å². The predicted molar refractivity (Wildman–Crippen MR) is 151 cm³/mol. The average molecular weight is 559 g/mol. The summed E-state index contributed by atoms with van der Waals surface area (Å²) in [5, 5.41) is 28.8. The number of imide groups is 1. The molecule has 0 aromatic heterocycles. The molecule has 3 aromatic rings. The number of nitrogens with zero attached hydrogens (tertiary/aromatic N) is 1. The van der Waals surface area contributed by atoms with Crippen molar-refractivity contribution in [3.8, 4) is 5.75 Å². The maximum atomic E-state index is 12.5. The number of benzene rings is 3. The van der Waals surface area contributed by atoms with Gasteiger partial charge < -0.3 is 25.6 Å². The van der Waals surface area contributed by atoms with Crippen LogP contribution in [0.5, 0.6) is 5.75 Å². The van der Waals surface area contributed by atoms with Crippen LogP contribution in [0.2, 0.25) is 0 Å². The number of aliphatic hydroxyl groups is 2. The fraction of sp³-hybridized carbons (Fsp3) is 0.323. The van der Waals surface area contributed by atoms with Gasteiger partial charge in [0, 0.05) is 25.2 Å². The molecule has 3 aromatic carbocycles. The molecule has 0 aliphatic carbocycles. The summed E-state index contributed by atoms with van der Waals surface area (Å²) < 4.78 is 5.83. The summed E-state index contributed by atoms with van der Waals surface area (Å²) in [4.78, 5) is 37.9. The van der Waals surface area contributed by atoms with Crippen molar-refractivity contribution in [1.82, 2.24) is 15.5 Å². The van der Waals surface area contributed by atoms with Crippen LogP contribution in [0.1, 0.15) is 60.7 Å². The predicted octanol–water partition coefficient (Wildman–Crippen LogP) is 3.43. The van der Waals surface area contributed by atoms with Crippen molar-refractivity contribution in [1.29, 1.82) is 0 Å². The third-order valence-electron chi connectivity index (χ3n) is 7.39. The molecular formula is C31H34N4O6. The van der Waals surface area contributed by atoms with E-state index in [2.05, 4.69) is 16.0 Å². The fourth-order valence-electron chi connectivity index (χ4n) is 5.07. The number of ether oxygens (including phenoxy) is 1. The number of fused-ring (bicyclic) bond motifs is 1. The minimum atomic E-state index is -0.926. The molecule has 1 saturated heterocycles. The first kappa shape index (κ1) is 28.3. The lowest BCUT2D eigenvalue weighted by atomic mass is 9.97. The van der Waals surface area contributed by atoms with E-state index in [4.69, 9.17) is 4.74 Å². The number of nitrogens with one attached hydrogen (secondary N) is 3. The van der Waals surface area contributed by atoms with E-state index >= 15 is 0 Å². The molecule has 10 nitrogen and oxygen atoms in total. The van der Waals surface area contributed by atoms with Gasteiger partial charge in [-0.15, -0.1) is 0 Å². The van der Waals surface area contributed by atoms with E-state index in [1.54, 1.807) is 49.1 Å². The number of piperidine rings is 1. The lowest BCUT2D eigenvalue weighted by Gasteiger charge is -2.31. The van der Waals surface area contributed by atoms with Crippen LogP contribution in [-0.4, -0.2) is 39.0 Å². The van der Waals surface area contributed by atoms with Gasteiger partial charge in [0.25, 0.3) is 0 Å². The van der Waals surface area contributed by atoms with E-state index in [1.807, 2.05) is 36.4 Å². The normalized spacial score (nSPS) is 18.9. The highest BCUT2D eigenvalue weighted by atomic mass is 16.5. The molecule has 0 saturated carbocycles. The summed E-state index contributed by atoms with van der Waals surface area (Å²) in [6.45, 7) is 4.52. The Bertz CT molecular complexity index is 1430. The van der Waals surface area contributed by atoms with Gasteiger partial charge in [0.2, 0.25) is 11.8 Å². The summed E-state index contributed by atoms with van der Waals surface area (Å²) in [7, 11) is 0. The van der Waals surface area contributed by atoms with Gasteiger partial charge in [0.05, 0.1) is 11.6 Å². The topological polar surface area (TPSA) is 140 Å². The molecule has 2 aliphatic heterocycles. The number of anilines is 1. The maximum Gasteiger partial charge on any atom is 0.319 e. The molecule has 2 aliphatic rings. The van der Waals surface area contributed by atoms with Crippen LogP contribution in [-0.2, 0) is 34.9 Å². The second-order valence-corrected chi connectivity index (χ2v) is 10.9. The first-order valence-electron chi connectivity index (χ1n) is 13.6. The molecule has 0 spiro atoms. The van der Waals surface area contributed by atoms with Gasteiger partial charge in [0.15, 0.2) is 0 Å². The zero-order valence-corrected chi connectivity index (χ0v) is 23.0. The first-order valence-corrected chi connectivity index (χ1v) is 13.6. The number of hydrogen-bond acceptors (Lipinski definition) is 7. The van der Waals surface area contributed by atoms with Crippen LogP contribution >= 0.6 is 0 Å². The van der Waals surface area contributed by atoms with Crippen LogP contribution in [0.4, 0.5) is 10.5 Å². The summed E-state index contributed by atoms with van der Waals surface area (Å²) >= 11 is 0. The highest BCUT2D eigenvalue weighted by molar-refractivity contribution is 6.00. The van der Waals surface area contributed by atoms with E-state index in [-0.39, 0.29) is 30.8 Å². The van der Waals surface area contributed by atoms with Crippen molar-refractivity contribution in [2.24, 2.45) is 0 Å². The van der Waals surface area contributed by atoms with Gasteiger partial charge in [-0.3, -0.25) is 19.8 Å². The Morgan fingerprint density at radius 2 is 1.76 bits per heavy atom. The molecular weight excluding hydrogens is 524 g/mol. The number of carbonyl (C=O) groups is 3. The third kappa shape index (κ3) is 6.74. The number of urea groups is 1. The smallest absolute Gasteiger partial charge is 0.319 e. The average Bonchev–Trinajstić information content (AvgIpc) is 3.26. The summed E-state index contributed by atoms with van der Waals surface area (Å²) in [5.74, 6) is -0.0163. The zero-order valence-electron chi connectivity index (χ0n) is 23.0. The number of carbonyl (C=O) groups excluding carboxylic acids is 3. The Morgan fingerprint density at radius 3 is 2.44 bits per heavy atom. The first-order chi connectivity index (χ1) is 19.6. The minimum Gasteiger partial charge on any atom is -0.489 e. The van der Waals surface area contributed by atoms with Gasteiger partial charge in [-0.05, 0) is 72.4 Å². The highest BCUT2D eigenvalue weighted by Gasteiger charge is 2.39. The van der Waals surface area contributed by atoms with Crippen molar-refractivity contribution in [2.75, 3.05) is 5.32 Å². The molecule has 2 atom stereocenters. The second kappa shape index (κ2) is 11.7. The van der Waals surface area contributed by atoms with Crippen molar-refractivity contribution in [3.05, 3.63) is 94.5 Å². The largest absolute Gasteiger partial charge is 0.489 e. The van der Waals surface area contributed by atoms with Crippen LogP contribution in [0, 0.1) is 0 Å². The van der Waals surface area contributed by atoms with Crippen LogP contribution in [0.25, 0.3) is 0 Å². The standard InChI is InChI=1S/C31H34N4O6/c1-31(2,40)22-6-3-19(4-7-22)18-41-24-10-8-23(9-11-24)33-30(39)32-16-20-5-12-25-21(15-20)17-35(29(25)38)26-13-14-27(36)34-28(26)37/h3-12,15,26,29,38,40H,13-14,16-18H2,1-2H3,(H2,32,33,39)(H,34,36,37). The molecule has 10 heteroatoms. The number of hydrogen-bond donors (Lipinski definition) is 5. The van der Waals surface area contributed by atoms with Crippen molar-refractivity contribution >= 4 is 23.5 Å². The molecule has 2 unspecified atom stereocenters. The monoisotopic (exact) mass is 558 g/mol. The minimum absolute atomic E-state index is 0.245. The Kier molecular flexibility index (Phi) is 8.07. The summed E-state index contributed by atoms with van der Waals surface area (Å²) in [6, 6.07) is 19.3. The zero-order chi connectivity index (χ0) is 29.1. The van der Waals surface area contributed by atoms with Crippen LogP contribution in [0.15, 0.2) is 66.7 Å². The molecule has 0 radical (unpaired) electrons. The molecule has 214 valence electrons. The lowest BCUT2D eigenvalue weighted by molar-refractivity contribution is -0.141. The number of aliphatic hydroxyl groups excluding tert-OH is 1. The molecule has 0 bridgehead atoms. The van der Waals surface area contributed by atoms with Gasteiger partial charge in [-0.1, -0.05) is 42.5 Å². The Labute approximate surface area is 238 Å². The molecule has 4 amide bonds. The molecule has 5 rings (SSSR count). The van der Waals surface area contributed by atoms with Gasteiger partial charge >= 0.3 is 6.03 Å². The van der Waals surface area contributed by atoms with Crippen LogP contribution in [0.3, 0.4) is 0 Å². The Morgan fingerprint density at radius 1 is 1.05 bits per heavy atom. The van der Waals surface area contributed by atoms with E-state index < -0.39 is 17.9 Å². The molecule has 1 fully saturated rings. The van der Waals surface area contributed by atoms with Crippen molar-refractivity contribution in [2.45, 2.75) is 64.3 Å². The molecule has 41 heavy (non-hydrogen) atoms. The van der Waals surface area contributed by atoms with Crippen molar-refractivity contribution < 1.29 is 29.3 Å². The van der Waals surface area contributed by atoms with Gasteiger partial charge in [-0.25, -0.2) is 4.79 Å². The second-order valence-electron chi connectivity index (χ2n) is 10.9. The SMILES string of the molecule is CC(C)(O)c1ccc(COc2ccc(NC(=O)NCc3ccc4c(c3)CN(C3CCC(=O)NC3=O)C4O)cc2)cc1. The third-order valence-corrected chi connectivity index (χ3v) is 7.39. The number of rotatable bonds is 8.